The number of anilines is 2. The van der Waals surface area contributed by atoms with Gasteiger partial charge in [-0.2, -0.15) is 0 Å². The molecule has 2 fully saturated rings. The fraction of sp³-hybridized carbons (Fsp3) is 0.368. The molecule has 1 aliphatic heterocycles. The largest absolute Gasteiger partial charge is 0.355 e. The first-order chi connectivity index (χ1) is 13.5. The molecule has 1 saturated heterocycles. The van der Waals surface area contributed by atoms with Crippen LogP contribution in [0.4, 0.5) is 15.9 Å². The first-order valence-electron chi connectivity index (χ1n) is 9.24. The Balaban J connectivity index is 1.28. The number of hydrogen-bond donors (Lipinski definition) is 2. The molecule has 144 valence electrons. The number of rotatable bonds is 4. The summed E-state index contributed by atoms with van der Waals surface area (Å²) in [5.74, 6) is 1.19. The van der Waals surface area contributed by atoms with Gasteiger partial charge in [0.1, 0.15) is 11.5 Å². The number of nitrogens with one attached hydrogen (secondary N) is 2. The predicted molar refractivity (Wildman–Crippen MR) is 102 cm³/mol. The molecule has 3 atom stereocenters. The number of aromatic nitrogens is 4. The van der Waals surface area contributed by atoms with E-state index in [1.165, 1.54) is 12.3 Å². The van der Waals surface area contributed by atoms with Gasteiger partial charge in [-0.3, -0.25) is 4.79 Å². The van der Waals surface area contributed by atoms with Crippen molar-refractivity contribution in [2.24, 2.45) is 11.8 Å². The summed E-state index contributed by atoms with van der Waals surface area (Å²) in [7, 11) is 2.00. The number of piperidine rings is 1. The summed E-state index contributed by atoms with van der Waals surface area (Å²) in [6.45, 7) is 3.70. The molecule has 1 aliphatic carbocycles. The zero-order valence-corrected chi connectivity index (χ0v) is 15.6. The second-order valence-electron chi connectivity index (χ2n) is 7.45. The maximum Gasteiger partial charge on any atom is 0.275 e. The van der Waals surface area contributed by atoms with Crippen LogP contribution >= 0.6 is 0 Å². The minimum atomic E-state index is -0.500. The minimum Gasteiger partial charge on any atom is -0.355 e. The summed E-state index contributed by atoms with van der Waals surface area (Å²) in [5.41, 5.74) is 1.44. The van der Waals surface area contributed by atoms with E-state index >= 15 is 0 Å². The molecule has 1 saturated carbocycles. The van der Waals surface area contributed by atoms with Gasteiger partial charge in [0, 0.05) is 37.6 Å². The Morgan fingerprint density at radius 3 is 2.68 bits per heavy atom. The second kappa shape index (κ2) is 6.23. The third-order valence-corrected chi connectivity index (χ3v) is 5.61. The highest BCUT2D eigenvalue weighted by Crippen LogP contribution is 2.46. The number of fused-ring (bicyclic) bond motifs is 2. The average Bonchev–Trinajstić information content (AvgIpc) is 3.00. The first-order valence-corrected chi connectivity index (χ1v) is 9.24. The van der Waals surface area contributed by atoms with Crippen molar-refractivity contribution in [2.75, 3.05) is 30.4 Å². The summed E-state index contributed by atoms with van der Waals surface area (Å²) in [4.78, 5) is 27.4. The Bertz CT molecular complexity index is 1050. The van der Waals surface area contributed by atoms with E-state index in [2.05, 4.69) is 30.5 Å². The van der Waals surface area contributed by atoms with E-state index in [0.717, 1.165) is 18.9 Å². The molecule has 3 aromatic rings. The molecule has 1 unspecified atom stereocenters. The summed E-state index contributed by atoms with van der Waals surface area (Å²) >= 11 is 0. The van der Waals surface area contributed by atoms with Crippen LogP contribution in [0.15, 0.2) is 30.9 Å². The molecule has 9 heteroatoms. The van der Waals surface area contributed by atoms with Gasteiger partial charge in [0.2, 0.25) is 0 Å². The monoisotopic (exact) mass is 381 g/mol. The van der Waals surface area contributed by atoms with Gasteiger partial charge < -0.3 is 19.9 Å². The van der Waals surface area contributed by atoms with Crippen LogP contribution in [0.5, 0.6) is 0 Å². The molecular weight excluding hydrogens is 361 g/mol. The molecule has 28 heavy (non-hydrogen) atoms. The standard InChI is InChI=1S/C19H20FN7O/c1-10-6-27-7-11(3-14(20)18(27)24-10)25-19(28)15-4-23-16(5-22-15)26-8-12-13(9-26)17(12)21-2/h3-7,12-13,17,21H,8-9H2,1-2H3,(H,25,28)/t12-,13+,17?. The maximum absolute atomic E-state index is 14.2. The first kappa shape index (κ1) is 17.1. The van der Waals surface area contributed by atoms with Crippen molar-refractivity contribution in [1.82, 2.24) is 24.7 Å². The zero-order valence-electron chi connectivity index (χ0n) is 15.6. The Hall–Kier alpha value is -3.07. The lowest BCUT2D eigenvalue weighted by Crippen LogP contribution is -2.30. The van der Waals surface area contributed by atoms with Crippen LogP contribution in [0.25, 0.3) is 5.65 Å². The number of amides is 1. The molecule has 4 heterocycles. The smallest absolute Gasteiger partial charge is 0.275 e. The van der Waals surface area contributed by atoms with Crippen molar-refractivity contribution < 1.29 is 9.18 Å². The van der Waals surface area contributed by atoms with E-state index in [0.29, 0.717) is 29.3 Å². The molecule has 8 nitrogen and oxygen atoms in total. The van der Waals surface area contributed by atoms with Gasteiger partial charge in [-0.25, -0.2) is 19.3 Å². The molecule has 0 bridgehead atoms. The van der Waals surface area contributed by atoms with E-state index in [9.17, 15) is 9.18 Å². The lowest BCUT2D eigenvalue weighted by molar-refractivity contribution is 0.102. The summed E-state index contributed by atoms with van der Waals surface area (Å²) in [5, 5.41) is 5.99. The van der Waals surface area contributed by atoms with Gasteiger partial charge in [0.05, 0.1) is 23.8 Å². The van der Waals surface area contributed by atoms with Crippen LogP contribution in [-0.2, 0) is 0 Å². The van der Waals surface area contributed by atoms with E-state index < -0.39 is 11.7 Å². The Morgan fingerprint density at radius 1 is 1.21 bits per heavy atom. The van der Waals surface area contributed by atoms with Crippen LogP contribution < -0.4 is 15.5 Å². The third-order valence-electron chi connectivity index (χ3n) is 5.61. The number of nitrogens with zero attached hydrogens (tertiary/aromatic N) is 5. The van der Waals surface area contributed by atoms with Crippen molar-refractivity contribution in [2.45, 2.75) is 13.0 Å². The average molecular weight is 381 g/mol. The molecule has 2 N–H and O–H groups in total. The molecule has 0 aromatic carbocycles. The number of carbonyl (C=O) groups is 1. The quantitative estimate of drug-likeness (QED) is 0.712. The molecule has 0 spiro atoms. The van der Waals surface area contributed by atoms with Gasteiger partial charge in [-0.1, -0.05) is 0 Å². The maximum atomic E-state index is 14.2. The van der Waals surface area contributed by atoms with Crippen LogP contribution in [0.1, 0.15) is 16.2 Å². The van der Waals surface area contributed by atoms with Gasteiger partial charge in [-0.15, -0.1) is 0 Å². The second-order valence-corrected chi connectivity index (χ2v) is 7.45. The van der Waals surface area contributed by atoms with Gasteiger partial charge >= 0.3 is 0 Å². The fourth-order valence-corrected chi connectivity index (χ4v) is 4.19. The number of carbonyl (C=O) groups excluding carboxylic acids is 1. The molecule has 3 aromatic heterocycles. The Morgan fingerprint density at radius 2 is 2.00 bits per heavy atom. The Labute approximate surface area is 160 Å². The number of pyridine rings is 1. The number of imidazole rings is 1. The van der Waals surface area contributed by atoms with Crippen molar-refractivity contribution in [3.8, 4) is 0 Å². The van der Waals surface area contributed by atoms with E-state index in [4.69, 9.17) is 0 Å². The summed E-state index contributed by atoms with van der Waals surface area (Å²) in [6, 6.07) is 1.86. The topological polar surface area (TPSA) is 87.5 Å². The van der Waals surface area contributed by atoms with E-state index in [-0.39, 0.29) is 11.3 Å². The fourth-order valence-electron chi connectivity index (χ4n) is 4.19. The normalized spacial score (nSPS) is 23.1. The van der Waals surface area contributed by atoms with E-state index in [1.54, 1.807) is 29.9 Å². The zero-order chi connectivity index (χ0) is 19.4. The highest BCUT2D eigenvalue weighted by molar-refractivity contribution is 6.02. The highest BCUT2D eigenvalue weighted by Gasteiger charge is 2.55. The Kier molecular flexibility index (Phi) is 3.80. The molecule has 2 aliphatic rings. The molecule has 5 rings (SSSR count). The summed E-state index contributed by atoms with van der Waals surface area (Å²) < 4.78 is 15.7. The lowest BCUT2D eigenvalue weighted by Gasteiger charge is -2.20. The number of aryl methyl sites for hydroxylation is 1. The van der Waals surface area contributed by atoms with Gasteiger partial charge in [-0.05, 0) is 25.8 Å². The SMILES string of the molecule is CNC1[C@H]2CN(c3cnc(C(=O)Nc4cc(F)c5nc(C)cn5c4)cn3)C[C@@H]12. The van der Waals surface area contributed by atoms with Crippen LogP contribution in [0.2, 0.25) is 0 Å². The van der Waals surface area contributed by atoms with Crippen molar-refractivity contribution >= 4 is 23.1 Å². The van der Waals surface area contributed by atoms with Gasteiger partial charge in [0.25, 0.3) is 5.91 Å². The van der Waals surface area contributed by atoms with Crippen molar-refractivity contribution in [1.29, 1.82) is 0 Å². The van der Waals surface area contributed by atoms with Gasteiger partial charge in [0.15, 0.2) is 11.5 Å². The predicted octanol–water partition coefficient (Wildman–Crippen LogP) is 1.48. The van der Waals surface area contributed by atoms with Crippen LogP contribution in [-0.4, -0.2) is 51.4 Å². The van der Waals surface area contributed by atoms with Crippen LogP contribution in [0, 0.1) is 24.6 Å². The summed E-state index contributed by atoms with van der Waals surface area (Å²) in [6.07, 6.45) is 6.40. The molecule has 1 amide bonds. The van der Waals surface area contributed by atoms with Crippen LogP contribution in [0.3, 0.4) is 0 Å². The van der Waals surface area contributed by atoms with Crippen molar-refractivity contribution in [3.63, 3.8) is 0 Å². The highest BCUT2D eigenvalue weighted by atomic mass is 19.1. The third kappa shape index (κ3) is 2.78. The lowest BCUT2D eigenvalue weighted by atomic mass is 10.3. The number of hydrogen-bond acceptors (Lipinski definition) is 6. The van der Waals surface area contributed by atoms with E-state index in [1.807, 2.05) is 7.05 Å². The number of halogens is 1. The minimum absolute atomic E-state index is 0.184. The van der Waals surface area contributed by atoms with Crippen molar-refractivity contribution in [3.05, 3.63) is 48.1 Å². The molecule has 0 radical (unpaired) electrons. The molecular formula is C19H20FN7O.